The van der Waals surface area contributed by atoms with Crippen molar-refractivity contribution in [1.82, 2.24) is 16.0 Å². The van der Waals surface area contributed by atoms with Crippen LogP contribution in [0.4, 0.5) is 4.79 Å². The highest BCUT2D eigenvalue weighted by atomic mass is 16.3. The summed E-state index contributed by atoms with van der Waals surface area (Å²) in [5.41, 5.74) is -1.60. The van der Waals surface area contributed by atoms with Crippen LogP contribution in [0.25, 0.3) is 0 Å². The van der Waals surface area contributed by atoms with Gasteiger partial charge >= 0.3 is 6.03 Å². The van der Waals surface area contributed by atoms with E-state index in [-0.39, 0.29) is 0 Å². The van der Waals surface area contributed by atoms with Gasteiger partial charge in [-0.1, -0.05) is 0 Å². The number of carbonyl (C=O) groups is 3. The van der Waals surface area contributed by atoms with Gasteiger partial charge in [-0.05, 0) is 0 Å². The summed E-state index contributed by atoms with van der Waals surface area (Å²) >= 11 is 0. The van der Waals surface area contributed by atoms with Crippen LogP contribution < -0.4 is 16.0 Å². The van der Waals surface area contributed by atoms with Crippen LogP contribution in [-0.2, 0) is 9.59 Å². The normalized spacial score (nSPS) is 31.4. The van der Waals surface area contributed by atoms with E-state index in [0.29, 0.717) is 0 Å². The third-order valence-electron chi connectivity index (χ3n) is 1.79. The molecule has 0 aromatic carbocycles. The van der Waals surface area contributed by atoms with Crippen LogP contribution in [0.15, 0.2) is 11.8 Å². The molecule has 2 aliphatic heterocycles. The Labute approximate surface area is 71.8 Å². The van der Waals surface area contributed by atoms with Gasteiger partial charge < -0.3 is 15.7 Å². The van der Waals surface area contributed by atoms with Gasteiger partial charge in [0.25, 0.3) is 11.8 Å². The predicted octanol–water partition coefficient (Wildman–Crippen LogP) is -1.91. The fourth-order valence-corrected chi connectivity index (χ4v) is 1.21. The third-order valence-corrected chi connectivity index (χ3v) is 1.79. The van der Waals surface area contributed by atoms with Crippen molar-refractivity contribution in [2.24, 2.45) is 0 Å². The van der Waals surface area contributed by atoms with E-state index < -0.39 is 29.3 Å². The van der Waals surface area contributed by atoms with Crippen molar-refractivity contribution in [2.75, 3.05) is 0 Å². The molecule has 4 amide bonds. The first-order chi connectivity index (χ1) is 6.03. The van der Waals surface area contributed by atoms with Gasteiger partial charge in [-0.15, -0.1) is 0 Å². The maximum atomic E-state index is 11.1. The minimum Gasteiger partial charge on any atom is -0.503 e. The average molecular weight is 183 g/mol. The van der Waals surface area contributed by atoms with Crippen LogP contribution in [-0.4, -0.2) is 28.6 Å². The van der Waals surface area contributed by atoms with Crippen LogP contribution in [0.3, 0.4) is 0 Å². The summed E-state index contributed by atoms with van der Waals surface area (Å²) in [5.74, 6) is -2.09. The number of hydrogen-bond donors (Lipinski definition) is 4. The van der Waals surface area contributed by atoms with Crippen LogP contribution in [0, 0.1) is 0 Å². The Hall–Kier alpha value is -2.05. The molecule has 0 radical (unpaired) electrons. The van der Waals surface area contributed by atoms with Crippen molar-refractivity contribution >= 4 is 17.8 Å². The van der Waals surface area contributed by atoms with Gasteiger partial charge in [0.2, 0.25) is 5.66 Å². The van der Waals surface area contributed by atoms with E-state index in [1.165, 1.54) is 0 Å². The Morgan fingerprint density at radius 3 is 2.31 bits per heavy atom. The number of urea groups is 1. The zero-order valence-electron chi connectivity index (χ0n) is 6.25. The monoisotopic (exact) mass is 183 g/mol. The summed E-state index contributed by atoms with van der Waals surface area (Å²) in [6, 6.07) is -0.712. The third kappa shape index (κ3) is 0.866. The molecule has 0 aromatic heterocycles. The summed E-state index contributed by atoms with van der Waals surface area (Å²) in [6.07, 6.45) is 0.954. The van der Waals surface area contributed by atoms with Gasteiger partial charge in [0.05, 0.1) is 0 Å². The summed E-state index contributed by atoms with van der Waals surface area (Å²) in [4.78, 5) is 32.7. The van der Waals surface area contributed by atoms with E-state index in [0.717, 1.165) is 6.08 Å². The highest BCUT2D eigenvalue weighted by Gasteiger charge is 2.50. The smallest absolute Gasteiger partial charge is 0.324 e. The molecule has 68 valence electrons. The van der Waals surface area contributed by atoms with Crippen LogP contribution in [0.5, 0.6) is 0 Å². The SMILES string of the molecule is O=C1NC(=O)C2(C=C(O)C(=O)N2)N1. The van der Waals surface area contributed by atoms with Gasteiger partial charge in [-0.3, -0.25) is 14.9 Å². The minimum absolute atomic E-state index is 0.586. The Morgan fingerprint density at radius 1 is 1.23 bits per heavy atom. The molecule has 1 unspecified atom stereocenters. The van der Waals surface area contributed by atoms with Crippen molar-refractivity contribution in [3.05, 3.63) is 11.8 Å². The Morgan fingerprint density at radius 2 is 1.92 bits per heavy atom. The number of amides is 4. The van der Waals surface area contributed by atoms with E-state index >= 15 is 0 Å². The molecule has 2 rings (SSSR count). The fraction of sp³-hybridized carbons (Fsp3) is 0.167. The first-order valence-corrected chi connectivity index (χ1v) is 3.41. The molecule has 1 fully saturated rings. The molecule has 1 saturated heterocycles. The van der Waals surface area contributed by atoms with Crippen molar-refractivity contribution in [3.63, 3.8) is 0 Å². The van der Waals surface area contributed by atoms with Gasteiger partial charge in [-0.2, -0.15) is 0 Å². The van der Waals surface area contributed by atoms with Crippen molar-refractivity contribution in [1.29, 1.82) is 0 Å². The number of nitrogens with one attached hydrogen (secondary N) is 3. The first kappa shape index (κ1) is 7.59. The Kier molecular flexibility index (Phi) is 1.17. The van der Waals surface area contributed by atoms with E-state index in [4.69, 9.17) is 5.11 Å². The predicted molar refractivity (Wildman–Crippen MR) is 38.3 cm³/mol. The first-order valence-electron chi connectivity index (χ1n) is 3.41. The molecular weight excluding hydrogens is 178 g/mol. The lowest BCUT2D eigenvalue weighted by atomic mass is 10.2. The molecule has 0 bridgehead atoms. The van der Waals surface area contributed by atoms with Crippen molar-refractivity contribution in [2.45, 2.75) is 5.66 Å². The number of rotatable bonds is 0. The molecular formula is C6H5N3O4. The lowest BCUT2D eigenvalue weighted by Gasteiger charge is -2.16. The zero-order valence-corrected chi connectivity index (χ0v) is 6.25. The number of imide groups is 1. The van der Waals surface area contributed by atoms with Gasteiger partial charge in [0.1, 0.15) is 0 Å². The number of hydrogen-bond acceptors (Lipinski definition) is 4. The summed E-state index contributed by atoms with van der Waals surface area (Å²) in [6.45, 7) is 0. The molecule has 0 aliphatic carbocycles. The molecule has 4 N–H and O–H groups in total. The number of aliphatic hydroxyl groups is 1. The topological polar surface area (TPSA) is 108 Å². The van der Waals surface area contributed by atoms with Crippen molar-refractivity contribution in [3.8, 4) is 0 Å². The second-order valence-electron chi connectivity index (χ2n) is 2.70. The highest BCUT2D eigenvalue weighted by molar-refractivity contribution is 6.13. The second kappa shape index (κ2) is 2.00. The van der Waals surface area contributed by atoms with Gasteiger partial charge in [0, 0.05) is 6.08 Å². The van der Waals surface area contributed by atoms with Crippen LogP contribution >= 0.6 is 0 Å². The second-order valence-corrected chi connectivity index (χ2v) is 2.70. The highest BCUT2D eigenvalue weighted by Crippen LogP contribution is 2.16. The standard InChI is InChI=1S/C6H5N3O4/c10-2-1-6(8-3(2)11)4(12)7-5(13)9-6/h1,10H,(H,8,11)(H2,7,9,12,13). The number of carbonyl (C=O) groups excluding carboxylic acids is 3. The fourth-order valence-electron chi connectivity index (χ4n) is 1.21. The maximum absolute atomic E-state index is 11.1. The lowest BCUT2D eigenvalue weighted by Crippen LogP contribution is -2.55. The van der Waals surface area contributed by atoms with E-state index in [9.17, 15) is 14.4 Å². The van der Waals surface area contributed by atoms with Crippen molar-refractivity contribution < 1.29 is 19.5 Å². The number of aliphatic hydroxyl groups excluding tert-OH is 1. The molecule has 2 aliphatic rings. The summed E-state index contributed by atoms with van der Waals surface area (Å²) in [5, 5.41) is 15.2. The van der Waals surface area contributed by atoms with Crippen LogP contribution in [0.2, 0.25) is 0 Å². The van der Waals surface area contributed by atoms with Gasteiger partial charge in [-0.25, -0.2) is 4.79 Å². The molecule has 2 heterocycles. The lowest BCUT2D eigenvalue weighted by molar-refractivity contribution is -0.127. The van der Waals surface area contributed by atoms with Gasteiger partial charge in [0.15, 0.2) is 5.76 Å². The zero-order chi connectivity index (χ0) is 9.64. The molecule has 13 heavy (non-hydrogen) atoms. The molecule has 0 aromatic rings. The molecule has 1 atom stereocenters. The molecule has 7 nitrogen and oxygen atoms in total. The molecule has 0 saturated carbocycles. The largest absolute Gasteiger partial charge is 0.503 e. The Balaban J connectivity index is 2.39. The quantitative estimate of drug-likeness (QED) is 0.329. The van der Waals surface area contributed by atoms with E-state index in [1.807, 2.05) is 5.32 Å². The Bertz CT molecular complexity index is 361. The van der Waals surface area contributed by atoms with E-state index in [2.05, 4.69) is 10.6 Å². The summed E-state index contributed by atoms with van der Waals surface area (Å²) < 4.78 is 0. The minimum atomic E-state index is -1.60. The van der Waals surface area contributed by atoms with E-state index in [1.54, 1.807) is 0 Å². The average Bonchev–Trinajstić information content (AvgIpc) is 2.40. The molecule has 1 spiro atoms. The summed E-state index contributed by atoms with van der Waals surface area (Å²) in [7, 11) is 0. The molecule has 7 heteroatoms. The van der Waals surface area contributed by atoms with Crippen LogP contribution in [0.1, 0.15) is 0 Å². The maximum Gasteiger partial charge on any atom is 0.324 e.